The Hall–Kier alpha value is -2.96. The van der Waals surface area contributed by atoms with Crippen molar-refractivity contribution in [2.45, 2.75) is 44.4 Å². The highest BCUT2D eigenvalue weighted by Crippen LogP contribution is 2.45. The lowest BCUT2D eigenvalue weighted by atomic mass is 9.99. The average molecular weight is 380 g/mol. The van der Waals surface area contributed by atoms with Crippen molar-refractivity contribution in [3.05, 3.63) is 35.0 Å². The number of fused-ring (bicyclic) bond motifs is 1. The summed E-state index contributed by atoms with van der Waals surface area (Å²) >= 11 is 0. The van der Waals surface area contributed by atoms with E-state index in [4.69, 9.17) is 19.9 Å². The van der Waals surface area contributed by atoms with Gasteiger partial charge in [0, 0.05) is 35.6 Å². The van der Waals surface area contributed by atoms with Gasteiger partial charge in [0.15, 0.2) is 0 Å². The number of aromatic nitrogens is 2. The molecule has 1 aromatic heterocycles. The van der Waals surface area contributed by atoms with E-state index in [0.29, 0.717) is 5.92 Å². The van der Waals surface area contributed by atoms with Crippen LogP contribution in [0, 0.1) is 0 Å². The molecule has 2 heterocycles. The standard InChI is InChI=1S/C20H22N4O.CH2O2/c25-12-21-17-8-7-14(11-16(17)13-5-6-13)19-15-3-1-4-18(15)22-20(23-19)24-9-2-10-24;2-1-3/h7-8,11-13H,1-6,9-10H2,(H,21,25);1H,(H,2,3). The number of carbonyl (C=O) groups is 2. The number of hydrogen-bond donors (Lipinski definition) is 2. The number of amides is 1. The van der Waals surface area contributed by atoms with Crippen LogP contribution in [0.5, 0.6) is 0 Å². The van der Waals surface area contributed by atoms with Crippen molar-refractivity contribution in [2.75, 3.05) is 23.3 Å². The molecule has 28 heavy (non-hydrogen) atoms. The number of benzene rings is 1. The molecular formula is C21H24N4O3. The number of hydrogen-bond acceptors (Lipinski definition) is 5. The number of anilines is 2. The monoisotopic (exact) mass is 380 g/mol. The topological polar surface area (TPSA) is 95.4 Å². The van der Waals surface area contributed by atoms with E-state index in [9.17, 15) is 4.79 Å². The van der Waals surface area contributed by atoms with Crippen molar-refractivity contribution in [2.24, 2.45) is 0 Å². The van der Waals surface area contributed by atoms with E-state index >= 15 is 0 Å². The summed E-state index contributed by atoms with van der Waals surface area (Å²) in [6.45, 7) is 1.88. The maximum atomic E-state index is 10.9. The first kappa shape index (κ1) is 18.4. The summed E-state index contributed by atoms with van der Waals surface area (Å²) in [5.74, 6) is 1.47. The molecule has 3 aliphatic rings. The van der Waals surface area contributed by atoms with Gasteiger partial charge in [-0.25, -0.2) is 9.97 Å². The lowest BCUT2D eigenvalue weighted by Gasteiger charge is -2.31. The van der Waals surface area contributed by atoms with Crippen molar-refractivity contribution in [3.63, 3.8) is 0 Å². The zero-order chi connectivity index (χ0) is 19.5. The molecule has 0 spiro atoms. The molecular weight excluding hydrogens is 356 g/mol. The highest BCUT2D eigenvalue weighted by Gasteiger charge is 2.28. The Morgan fingerprint density at radius 3 is 2.54 bits per heavy atom. The Kier molecular flexibility index (Phi) is 5.23. The lowest BCUT2D eigenvalue weighted by molar-refractivity contribution is -0.122. The van der Waals surface area contributed by atoms with Gasteiger partial charge in [-0.3, -0.25) is 9.59 Å². The summed E-state index contributed by atoms with van der Waals surface area (Å²) in [6.07, 6.45) is 7.71. The highest BCUT2D eigenvalue weighted by molar-refractivity contribution is 5.78. The zero-order valence-corrected chi connectivity index (χ0v) is 15.7. The number of nitrogens with one attached hydrogen (secondary N) is 1. The fourth-order valence-corrected chi connectivity index (χ4v) is 3.95. The number of carboxylic acid groups (broad SMARTS) is 1. The molecule has 1 saturated carbocycles. The highest BCUT2D eigenvalue weighted by atomic mass is 16.3. The Labute approximate surface area is 163 Å². The second-order valence-corrected chi connectivity index (χ2v) is 7.44. The van der Waals surface area contributed by atoms with Crippen LogP contribution >= 0.6 is 0 Å². The van der Waals surface area contributed by atoms with Gasteiger partial charge in [-0.05, 0) is 62.1 Å². The van der Waals surface area contributed by atoms with Gasteiger partial charge in [-0.2, -0.15) is 0 Å². The van der Waals surface area contributed by atoms with Gasteiger partial charge in [-0.15, -0.1) is 0 Å². The van der Waals surface area contributed by atoms with Crippen LogP contribution in [0.15, 0.2) is 18.2 Å². The lowest BCUT2D eigenvalue weighted by Crippen LogP contribution is -2.38. The van der Waals surface area contributed by atoms with Crippen molar-refractivity contribution in [1.29, 1.82) is 0 Å². The second-order valence-electron chi connectivity index (χ2n) is 7.44. The third-order valence-corrected chi connectivity index (χ3v) is 5.62. The number of rotatable bonds is 5. The summed E-state index contributed by atoms with van der Waals surface area (Å²) in [7, 11) is 0. The van der Waals surface area contributed by atoms with Gasteiger partial charge < -0.3 is 15.3 Å². The molecule has 0 radical (unpaired) electrons. The van der Waals surface area contributed by atoms with Crippen molar-refractivity contribution >= 4 is 24.5 Å². The quantitative estimate of drug-likeness (QED) is 0.774. The van der Waals surface area contributed by atoms with Crippen LogP contribution < -0.4 is 10.2 Å². The van der Waals surface area contributed by atoms with Crippen molar-refractivity contribution < 1.29 is 14.7 Å². The summed E-state index contributed by atoms with van der Waals surface area (Å²) in [4.78, 5) is 31.3. The molecule has 2 N–H and O–H groups in total. The predicted octanol–water partition coefficient (Wildman–Crippen LogP) is 2.99. The Morgan fingerprint density at radius 1 is 1.11 bits per heavy atom. The van der Waals surface area contributed by atoms with Gasteiger partial charge >= 0.3 is 0 Å². The largest absolute Gasteiger partial charge is 0.483 e. The fraction of sp³-hybridized carbons (Fsp3) is 0.429. The molecule has 146 valence electrons. The third kappa shape index (κ3) is 3.56. The van der Waals surface area contributed by atoms with Gasteiger partial charge in [0.1, 0.15) is 0 Å². The van der Waals surface area contributed by atoms with Crippen LogP contribution in [0.25, 0.3) is 11.3 Å². The van der Waals surface area contributed by atoms with Crippen molar-refractivity contribution in [1.82, 2.24) is 9.97 Å². The van der Waals surface area contributed by atoms with Gasteiger partial charge in [0.05, 0.1) is 5.69 Å². The maximum absolute atomic E-state index is 10.9. The molecule has 2 aromatic rings. The van der Waals surface area contributed by atoms with E-state index in [0.717, 1.165) is 49.7 Å². The minimum Gasteiger partial charge on any atom is -0.483 e. The number of carbonyl (C=O) groups excluding carboxylic acids is 1. The predicted molar refractivity (Wildman–Crippen MR) is 107 cm³/mol. The zero-order valence-electron chi connectivity index (χ0n) is 15.7. The van der Waals surface area contributed by atoms with Crippen LogP contribution in [-0.2, 0) is 22.4 Å². The molecule has 0 unspecified atom stereocenters. The first-order valence-electron chi connectivity index (χ1n) is 9.82. The van der Waals surface area contributed by atoms with Crippen LogP contribution in [0.1, 0.15) is 48.4 Å². The smallest absolute Gasteiger partial charge is 0.290 e. The Balaban J connectivity index is 0.000000604. The van der Waals surface area contributed by atoms with Gasteiger partial charge in [0.25, 0.3) is 6.47 Å². The van der Waals surface area contributed by atoms with Crippen LogP contribution in [0.2, 0.25) is 0 Å². The fourth-order valence-electron chi connectivity index (χ4n) is 3.95. The van der Waals surface area contributed by atoms with Crippen molar-refractivity contribution in [3.8, 4) is 11.3 Å². The summed E-state index contributed by atoms with van der Waals surface area (Å²) < 4.78 is 0. The van der Waals surface area contributed by atoms with Crippen LogP contribution in [0.4, 0.5) is 11.6 Å². The first-order chi connectivity index (χ1) is 13.7. The molecule has 1 aliphatic heterocycles. The molecule has 2 fully saturated rings. The molecule has 1 aromatic carbocycles. The van der Waals surface area contributed by atoms with E-state index < -0.39 is 0 Å². The molecule has 7 heteroatoms. The van der Waals surface area contributed by atoms with E-state index in [1.165, 1.54) is 48.1 Å². The molecule has 0 bridgehead atoms. The van der Waals surface area contributed by atoms with Crippen LogP contribution in [-0.4, -0.2) is 41.0 Å². The van der Waals surface area contributed by atoms with Crippen LogP contribution in [0.3, 0.4) is 0 Å². The Bertz CT molecular complexity index is 891. The molecule has 0 atom stereocenters. The normalized spacial score (nSPS) is 17.1. The van der Waals surface area contributed by atoms with E-state index in [2.05, 4.69) is 22.3 Å². The SMILES string of the molecule is O=CNc1ccc(-c2nc(N3CCC3)nc3c2CCC3)cc1C1CC1.O=CO. The third-order valence-electron chi connectivity index (χ3n) is 5.62. The summed E-state index contributed by atoms with van der Waals surface area (Å²) in [5, 5.41) is 9.74. The molecule has 1 saturated heterocycles. The maximum Gasteiger partial charge on any atom is 0.290 e. The summed E-state index contributed by atoms with van der Waals surface area (Å²) in [6, 6.07) is 6.37. The number of nitrogens with zero attached hydrogens (tertiary/aromatic N) is 3. The second kappa shape index (κ2) is 7.96. The average Bonchev–Trinajstić information content (AvgIpc) is 3.38. The summed E-state index contributed by atoms with van der Waals surface area (Å²) in [5.41, 5.74) is 7.01. The number of aryl methyl sites for hydroxylation is 1. The van der Waals surface area contributed by atoms with Gasteiger partial charge in [-0.1, -0.05) is 6.07 Å². The molecule has 5 rings (SSSR count). The minimum atomic E-state index is -0.250. The molecule has 2 aliphatic carbocycles. The van der Waals surface area contributed by atoms with Gasteiger partial charge in [0.2, 0.25) is 12.4 Å². The molecule has 1 amide bonds. The van der Waals surface area contributed by atoms with E-state index in [-0.39, 0.29) is 6.47 Å². The minimum absolute atomic E-state index is 0.250. The van der Waals surface area contributed by atoms with E-state index in [1.54, 1.807) is 0 Å². The Morgan fingerprint density at radius 2 is 1.89 bits per heavy atom. The van der Waals surface area contributed by atoms with E-state index in [1.807, 2.05) is 6.07 Å². The molecule has 7 nitrogen and oxygen atoms in total. The first-order valence-corrected chi connectivity index (χ1v) is 9.82.